The molecule has 1 amide bonds. The predicted octanol–water partition coefficient (Wildman–Crippen LogP) is 2.12. The van der Waals surface area contributed by atoms with Crippen molar-refractivity contribution in [3.63, 3.8) is 0 Å². The summed E-state index contributed by atoms with van der Waals surface area (Å²) in [5, 5.41) is 3.12. The Hall–Kier alpha value is -2.52. The van der Waals surface area contributed by atoms with Crippen molar-refractivity contribution >= 4 is 42.4 Å². The van der Waals surface area contributed by atoms with Gasteiger partial charge in [-0.2, -0.15) is 0 Å². The summed E-state index contributed by atoms with van der Waals surface area (Å²) in [5.74, 6) is -0.276. The third-order valence-corrected chi connectivity index (χ3v) is 5.93. The van der Waals surface area contributed by atoms with E-state index in [0.29, 0.717) is 26.7 Å². The lowest BCUT2D eigenvalue weighted by Gasteiger charge is -2.13. The van der Waals surface area contributed by atoms with Crippen LogP contribution in [0, 0.1) is 13.8 Å². The van der Waals surface area contributed by atoms with Crippen LogP contribution in [-0.4, -0.2) is 30.1 Å². The molecule has 0 spiro atoms. The molecule has 3 rings (SSSR count). The summed E-state index contributed by atoms with van der Waals surface area (Å²) in [6.45, 7) is 3.60. The third-order valence-electron chi connectivity index (χ3n) is 3.89. The van der Waals surface area contributed by atoms with Crippen molar-refractivity contribution in [3.8, 4) is 0 Å². The van der Waals surface area contributed by atoms with E-state index in [1.54, 1.807) is 30.5 Å². The van der Waals surface area contributed by atoms with Gasteiger partial charge in [0.25, 0.3) is 0 Å². The molecule has 1 N–H and O–H groups in total. The lowest BCUT2D eigenvalue weighted by Crippen LogP contribution is -2.23. The monoisotopic (exact) mass is 391 g/mol. The molecule has 9 heteroatoms. The van der Waals surface area contributed by atoms with Crippen LogP contribution in [0.3, 0.4) is 0 Å². The van der Waals surface area contributed by atoms with E-state index < -0.39 is 9.84 Å². The molecule has 3 aromatic rings. The zero-order chi connectivity index (χ0) is 19.1. The number of fused-ring (bicyclic) bond motifs is 1. The summed E-state index contributed by atoms with van der Waals surface area (Å²) in [6.07, 6.45) is 1.15. The van der Waals surface area contributed by atoms with Crippen LogP contribution >= 0.6 is 11.3 Å². The summed E-state index contributed by atoms with van der Waals surface area (Å²) in [4.78, 5) is 28.3. The molecule has 0 aliphatic carbocycles. The zero-order valence-corrected chi connectivity index (χ0v) is 16.1. The molecule has 2 heterocycles. The van der Waals surface area contributed by atoms with Crippen LogP contribution in [0.2, 0.25) is 0 Å². The van der Waals surface area contributed by atoms with Crippen LogP contribution in [0.1, 0.15) is 11.4 Å². The van der Waals surface area contributed by atoms with Gasteiger partial charge in [-0.1, -0.05) is 11.3 Å². The summed E-state index contributed by atoms with van der Waals surface area (Å²) in [5.41, 5.74) is 1.93. The first-order valence-corrected chi connectivity index (χ1v) is 10.4. The van der Waals surface area contributed by atoms with Gasteiger partial charge in [-0.15, -0.1) is 0 Å². The predicted molar refractivity (Wildman–Crippen MR) is 102 cm³/mol. The first-order chi connectivity index (χ1) is 12.1. The van der Waals surface area contributed by atoms with Crippen molar-refractivity contribution in [3.05, 3.63) is 51.9 Å². The van der Waals surface area contributed by atoms with Gasteiger partial charge >= 0.3 is 0 Å². The van der Waals surface area contributed by atoms with Gasteiger partial charge in [0.2, 0.25) is 5.91 Å². The zero-order valence-electron chi connectivity index (χ0n) is 14.4. The Bertz CT molecular complexity index is 1150. The molecule has 0 fully saturated rings. The van der Waals surface area contributed by atoms with Crippen LogP contribution in [-0.2, 0) is 21.2 Å². The second-order valence-electron chi connectivity index (χ2n) is 6.03. The van der Waals surface area contributed by atoms with E-state index in [1.165, 1.54) is 29.5 Å². The molecule has 26 heavy (non-hydrogen) atoms. The molecule has 0 aliphatic rings. The van der Waals surface area contributed by atoms with Gasteiger partial charge < -0.3 is 9.88 Å². The summed E-state index contributed by atoms with van der Waals surface area (Å²) in [6, 6.07) is 7.62. The Labute approximate surface area is 154 Å². The van der Waals surface area contributed by atoms with E-state index in [4.69, 9.17) is 0 Å². The molecule has 136 valence electrons. The number of hydrogen-bond donors (Lipinski definition) is 1. The van der Waals surface area contributed by atoms with Gasteiger partial charge in [0, 0.05) is 29.8 Å². The Morgan fingerprint density at radius 1 is 1.19 bits per heavy atom. The molecule has 0 atom stereocenters. The fourth-order valence-corrected chi connectivity index (χ4v) is 4.27. The van der Waals surface area contributed by atoms with Crippen molar-refractivity contribution in [1.29, 1.82) is 0 Å². The number of aryl methyl sites for hydroxylation is 2. The number of amides is 1. The van der Waals surface area contributed by atoms with E-state index in [9.17, 15) is 18.0 Å². The molecule has 0 saturated carbocycles. The largest absolute Gasteiger partial charge is 0.340 e. The molecular formula is C17H17N3O4S2. The minimum absolute atomic E-state index is 0.0580. The molecule has 0 radical (unpaired) electrons. The lowest BCUT2D eigenvalue weighted by molar-refractivity contribution is -0.116. The van der Waals surface area contributed by atoms with Gasteiger partial charge in [0.15, 0.2) is 20.4 Å². The Kier molecular flexibility index (Phi) is 4.68. The maximum atomic E-state index is 12.3. The first kappa shape index (κ1) is 18.3. The van der Waals surface area contributed by atoms with Crippen molar-refractivity contribution < 1.29 is 13.2 Å². The van der Waals surface area contributed by atoms with Gasteiger partial charge in [0.05, 0.1) is 15.1 Å². The van der Waals surface area contributed by atoms with Gasteiger partial charge in [-0.3, -0.25) is 9.59 Å². The standard InChI is InChI=1S/C17H17N3O4S2/c1-10-6-12(21)7-11(2)20(10)9-16(22)19-17-18-14-5-4-13(26(3,23)24)8-15(14)25-17/h4-8H,9H2,1-3H3,(H,18,19,22). The number of carbonyl (C=O) groups is 1. The highest BCUT2D eigenvalue weighted by Gasteiger charge is 2.13. The SMILES string of the molecule is Cc1cc(=O)cc(C)n1CC(=O)Nc1nc2ccc(S(C)(=O)=O)cc2s1. The number of aromatic nitrogens is 2. The highest BCUT2D eigenvalue weighted by Crippen LogP contribution is 2.28. The number of benzene rings is 1. The topological polar surface area (TPSA) is 98.1 Å². The molecular weight excluding hydrogens is 374 g/mol. The van der Waals surface area contributed by atoms with Crippen molar-refractivity contribution in [2.45, 2.75) is 25.3 Å². The van der Waals surface area contributed by atoms with Gasteiger partial charge in [-0.25, -0.2) is 13.4 Å². The van der Waals surface area contributed by atoms with Crippen LogP contribution in [0.25, 0.3) is 10.2 Å². The van der Waals surface area contributed by atoms with Crippen LogP contribution < -0.4 is 10.7 Å². The number of anilines is 1. The second kappa shape index (κ2) is 6.65. The van der Waals surface area contributed by atoms with E-state index in [1.807, 2.05) is 0 Å². The Morgan fingerprint density at radius 3 is 2.46 bits per heavy atom. The van der Waals surface area contributed by atoms with Crippen LogP contribution in [0.4, 0.5) is 5.13 Å². The maximum absolute atomic E-state index is 12.3. The van der Waals surface area contributed by atoms with E-state index in [0.717, 1.165) is 6.26 Å². The fourth-order valence-electron chi connectivity index (χ4n) is 2.63. The summed E-state index contributed by atoms with van der Waals surface area (Å²) < 4.78 is 25.7. The number of thiazole rings is 1. The van der Waals surface area contributed by atoms with E-state index >= 15 is 0 Å². The maximum Gasteiger partial charge on any atom is 0.246 e. The lowest BCUT2D eigenvalue weighted by atomic mass is 10.3. The second-order valence-corrected chi connectivity index (χ2v) is 9.08. The van der Waals surface area contributed by atoms with Crippen molar-refractivity contribution in [1.82, 2.24) is 9.55 Å². The molecule has 0 unspecified atom stereocenters. The average Bonchev–Trinajstić information content (AvgIpc) is 2.91. The number of nitrogens with one attached hydrogen (secondary N) is 1. The molecule has 0 saturated heterocycles. The van der Waals surface area contributed by atoms with E-state index in [-0.39, 0.29) is 22.8 Å². The average molecular weight is 391 g/mol. The number of sulfone groups is 1. The number of pyridine rings is 1. The molecule has 7 nitrogen and oxygen atoms in total. The minimum atomic E-state index is -3.30. The summed E-state index contributed by atoms with van der Waals surface area (Å²) >= 11 is 1.21. The fraction of sp³-hybridized carbons (Fsp3) is 0.235. The smallest absolute Gasteiger partial charge is 0.246 e. The minimum Gasteiger partial charge on any atom is -0.340 e. The quantitative estimate of drug-likeness (QED) is 0.735. The third kappa shape index (κ3) is 3.83. The van der Waals surface area contributed by atoms with Gasteiger partial charge in [-0.05, 0) is 32.0 Å². The Morgan fingerprint density at radius 2 is 1.85 bits per heavy atom. The molecule has 0 aliphatic heterocycles. The molecule has 0 bridgehead atoms. The first-order valence-electron chi connectivity index (χ1n) is 7.72. The number of rotatable bonds is 4. The van der Waals surface area contributed by atoms with E-state index in [2.05, 4.69) is 10.3 Å². The van der Waals surface area contributed by atoms with Crippen LogP contribution in [0.15, 0.2) is 40.0 Å². The molecule has 2 aromatic heterocycles. The normalized spacial score (nSPS) is 11.7. The highest BCUT2D eigenvalue weighted by molar-refractivity contribution is 7.90. The van der Waals surface area contributed by atoms with Crippen molar-refractivity contribution in [2.75, 3.05) is 11.6 Å². The van der Waals surface area contributed by atoms with Gasteiger partial charge in [0.1, 0.15) is 6.54 Å². The number of hydrogen-bond acceptors (Lipinski definition) is 6. The Balaban J connectivity index is 1.83. The van der Waals surface area contributed by atoms with Crippen LogP contribution in [0.5, 0.6) is 0 Å². The summed E-state index contributed by atoms with van der Waals surface area (Å²) in [7, 11) is -3.30. The molecule has 1 aromatic carbocycles. The highest BCUT2D eigenvalue weighted by atomic mass is 32.2. The number of carbonyl (C=O) groups excluding carboxylic acids is 1. The number of nitrogens with zero attached hydrogens (tertiary/aromatic N) is 2. The van der Waals surface area contributed by atoms with Crippen molar-refractivity contribution in [2.24, 2.45) is 0 Å².